The lowest BCUT2D eigenvalue weighted by Gasteiger charge is -2.08. The molecule has 0 bridgehead atoms. The Morgan fingerprint density at radius 3 is 2.70 bits per heavy atom. The van der Waals surface area contributed by atoms with Gasteiger partial charge in [-0.3, -0.25) is 0 Å². The number of aliphatic hydroxyl groups is 1. The molecular formula is C16H17N3O. The molecule has 0 saturated carbocycles. The first-order valence-corrected chi connectivity index (χ1v) is 6.83. The highest BCUT2D eigenvalue weighted by Gasteiger charge is 2.11. The van der Waals surface area contributed by atoms with Crippen LogP contribution in [0.3, 0.4) is 0 Å². The van der Waals surface area contributed by atoms with E-state index in [-0.39, 0.29) is 6.61 Å². The normalized spacial score (nSPS) is 11.1. The van der Waals surface area contributed by atoms with Crippen molar-refractivity contribution in [3.8, 4) is 0 Å². The van der Waals surface area contributed by atoms with E-state index < -0.39 is 0 Å². The second kappa shape index (κ2) is 5.84. The number of benzene rings is 1. The molecule has 0 aliphatic heterocycles. The van der Waals surface area contributed by atoms with Gasteiger partial charge in [-0.2, -0.15) is 0 Å². The maximum Gasteiger partial charge on any atom is 0.160 e. The molecule has 4 nitrogen and oxygen atoms in total. The minimum atomic E-state index is 0.183. The number of imidazole rings is 1. The summed E-state index contributed by atoms with van der Waals surface area (Å²) in [5.41, 5.74) is 3.04. The van der Waals surface area contributed by atoms with Gasteiger partial charge in [0.1, 0.15) is 11.3 Å². The average Bonchev–Trinajstić information content (AvgIpc) is 2.84. The predicted molar refractivity (Wildman–Crippen MR) is 78.5 cm³/mol. The Balaban J connectivity index is 2.01. The quantitative estimate of drug-likeness (QED) is 0.772. The van der Waals surface area contributed by atoms with Crippen LogP contribution in [-0.4, -0.2) is 26.2 Å². The molecule has 1 N–H and O–H groups in total. The van der Waals surface area contributed by atoms with Crippen LogP contribution < -0.4 is 0 Å². The summed E-state index contributed by atoms with van der Waals surface area (Å²) < 4.78 is 2.14. The Bertz CT molecular complexity index is 691. The smallest absolute Gasteiger partial charge is 0.160 e. The van der Waals surface area contributed by atoms with Crippen LogP contribution in [0.4, 0.5) is 0 Å². The first-order valence-electron chi connectivity index (χ1n) is 6.83. The number of hydrogen-bond acceptors (Lipinski definition) is 3. The summed E-state index contributed by atoms with van der Waals surface area (Å²) in [5.74, 6) is 0.983. The second-order valence-electron chi connectivity index (χ2n) is 4.77. The molecule has 0 fully saturated rings. The fourth-order valence-electron chi connectivity index (χ4n) is 2.37. The van der Waals surface area contributed by atoms with Gasteiger partial charge in [-0.05, 0) is 24.1 Å². The van der Waals surface area contributed by atoms with Crippen LogP contribution >= 0.6 is 0 Å². The van der Waals surface area contributed by atoms with Crippen LogP contribution in [0.15, 0.2) is 48.7 Å². The summed E-state index contributed by atoms with van der Waals surface area (Å²) in [6.45, 7) is 0.942. The number of hydrogen-bond donors (Lipinski definition) is 1. The Labute approximate surface area is 117 Å². The molecule has 2 aromatic heterocycles. The van der Waals surface area contributed by atoms with Crippen LogP contribution in [0.1, 0.15) is 17.8 Å². The minimum absolute atomic E-state index is 0.183. The molecule has 0 aliphatic carbocycles. The summed E-state index contributed by atoms with van der Waals surface area (Å²) in [7, 11) is 0. The lowest BCUT2D eigenvalue weighted by molar-refractivity contribution is 0.287. The van der Waals surface area contributed by atoms with Crippen molar-refractivity contribution in [2.45, 2.75) is 19.4 Å². The topological polar surface area (TPSA) is 50.9 Å². The first-order chi connectivity index (χ1) is 9.88. The highest BCUT2D eigenvalue weighted by molar-refractivity contribution is 5.71. The van der Waals surface area contributed by atoms with E-state index in [0.29, 0.717) is 0 Å². The molecule has 0 atom stereocenters. The number of aryl methyl sites for hydroxylation is 1. The number of nitrogens with zero attached hydrogens (tertiary/aromatic N) is 3. The molecule has 3 aromatic rings. The summed E-state index contributed by atoms with van der Waals surface area (Å²) >= 11 is 0. The predicted octanol–water partition coefficient (Wildman–Crippen LogP) is 2.40. The summed E-state index contributed by atoms with van der Waals surface area (Å²) in [4.78, 5) is 9.08. The van der Waals surface area contributed by atoms with Crippen molar-refractivity contribution in [1.82, 2.24) is 14.5 Å². The summed E-state index contributed by atoms with van der Waals surface area (Å²) in [6.07, 6.45) is 3.28. The van der Waals surface area contributed by atoms with Crippen molar-refractivity contribution in [2.75, 3.05) is 6.61 Å². The van der Waals surface area contributed by atoms with Crippen molar-refractivity contribution in [3.63, 3.8) is 0 Å². The fourth-order valence-corrected chi connectivity index (χ4v) is 2.37. The number of aliphatic hydroxyl groups excluding tert-OH is 1. The van der Waals surface area contributed by atoms with Gasteiger partial charge in [-0.1, -0.05) is 30.3 Å². The van der Waals surface area contributed by atoms with Crippen LogP contribution in [0.25, 0.3) is 11.2 Å². The van der Waals surface area contributed by atoms with E-state index >= 15 is 0 Å². The van der Waals surface area contributed by atoms with Gasteiger partial charge in [0.25, 0.3) is 0 Å². The van der Waals surface area contributed by atoms with Crippen molar-refractivity contribution >= 4 is 11.2 Å². The third-order valence-electron chi connectivity index (χ3n) is 3.32. The molecule has 0 unspecified atom stereocenters. The molecule has 2 heterocycles. The van der Waals surface area contributed by atoms with Gasteiger partial charge in [0.15, 0.2) is 5.65 Å². The van der Waals surface area contributed by atoms with E-state index in [0.717, 1.165) is 36.4 Å². The lowest BCUT2D eigenvalue weighted by Crippen LogP contribution is -2.06. The van der Waals surface area contributed by atoms with Crippen molar-refractivity contribution in [3.05, 3.63) is 60.0 Å². The number of aromatic nitrogens is 3. The van der Waals surface area contributed by atoms with E-state index in [1.165, 1.54) is 5.56 Å². The van der Waals surface area contributed by atoms with Gasteiger partial charge >= 0.3 is 0 Å². The Morgan fingerprint density at radius 2 is 1.90 bits per heavy atom. The monoisotopic (exact) mass is 267 g/mol. The van der Waals surface area contributed by atoms with Gasteiger partial charge in [-0.15, -0.1) is 0 Å². The minimum Gasteiger partial charge on any atom is -0.396 e. The van der Waals surface area contributed by atoms with E-state index in [9.17, 15) is 0 Å². The molecule has 0 spiro atoms. The van der Waals surface area contributed by atoms with Crippen LogP contribution in [0, 0.1) is 0 Å². The van der Waals surface area contributed by atoms with Crippen molar-refractivity contribution in [2.24, 2.45) is 0 Å². The van der Waals surface area contributed by atoms with Gasteiger partial charge in [0, 0.05) is 19.2 Å². The summed E-state index contributed by atoms with van der Waals surface area (Å²) in [6, 6.07) is 14.2. The van der Waals surface area contributed by atoms with Gasteiger partial charge < -0.3 is 9.67 Å². The van der Waals surface area contributed by atoms with Crippen molar-refractivity contribution < 1.29 is 5.11 Å². The van der Waals surface area contributed by atoms with E-state index in [1.807, 2.05) is 30.3 Å². The largest absolute Gasteiger partial charge is 0.396 e. The van der Waals surface area contributed by atoms with E-state index in [1.54, 1.807) is 6.20 Å². The zero-order valence-electron chi connectivity index (χ0n) is 11.2. The number of rotatable bonds is 5. The molecule has 0 saturated heterocycles. The zero-order chi connectivity index (χ0) is 13.8. The van der Waals surface area contributed by atoms with Crippen LogP contribution in [0.2, 0.25) is 0 Å². The van der Waals surface area contributed by atoms with Crippen LogP contribution in [-0.2, 0) is 13.0 Å². The summed E-state index contributed by atoms with van der Waals surface area (Å²) in [5, 5.41) is 9.03. The lowest BCUT2D eigenvalue weighted by atomic mass is 10.2. The Hall–Kier alpha value is -2.20. The van der Waals surface area contributed by atoms with Gasteiger partial charge in [0.2, 0.25) is 0 Å². The van der Waals surface area contributed by atoms with Gasteiger partial charge in [0.05, 0.1) is 6.54 Å². The molecule has 0 aliphatic rings. The molecule has 1 aromatic carbocycles. The SMILES string of the molecule is OCCCc1nc2cccnc2n1Cc1ccccc1. The van der Waals surface area contributed by atoms with E-state index in [4.69, 9.17) is 5.11 Å². The maximum atomic E-state index is 9.03. The molecule has 3 rings (SSSR count). The standard InChI is InChI=1S/C16H17N3O/c20-11-5-9-15-18-14-8-4-10-17-16(14)19(15)12-13-6-2-1-3-7-13/h1-4,6-8,10,20H,5,9,11-12H2. The molecule has 20 heavy (non-hydrogen) atoms. The Morgan fingerprint density at radius 1 is 1.05 bits per heavy atom. The number of pyridine rings is 1. The number of fused-ring (bicyclic) bond motifs is 1. The molecule has 4 heteroatoms. The average molecular weight is 267 g/mol. The van der Waals surface area contributed by atoms with Crippen LogP contribution in [0.5, 0.6) is 0 Å². The zero-order valence-corrected chi connectivity index (χ0v) is 11.2. The molecule has 102 valence electrons. The second-order valence-corrected chi connectivity index (χ2v) is 4.77. The van der Waals surface area contributed by atoms with E-state index in [2.05, 4.69) is 26.7 Å². The molecular weight excluding hydrogens is 250 g/mol. The third kappa shape index (κ3) is 2.56. The molecule has 0 radical (unpaired) electrons. The maximum absolute atomic E-state index is 9.03. The van der Waals surface area contributed by atoms with Gasteiger partial charge in [-0.25, -0.2) is 9.97 Å². The highest BCUT2D eigenvalue weighted by Crippen LogP contribution is 2.17. The highest BCUT2D eigenvalue weighted by atomic mass is 16.2. The fraction of sp³-hybridized carbons (Fsp3) is 0.250. The first kappa shape index (κ1) is 12.8. The third-order valence-corrected chi connectivity index (χ3v) is 3.32. The molecule has 0 amide bonds. The Kier molecular flexibility index (Phi) is 3.74. The van der Waals surface area contributed by atoms with Crippen molar-refractivity contribution in [1.29, 1.82) is 0 Å².